The van der Waals surface area contributed by atoms with E-state index in [9.17, 15) is 9.59 Å². The highest BCUT2D eigenvalue weighted by atomic mass is 16.6. The second-order valence-electron chi connectivity index (χ2n) is 7.14. The number of hydrogen-bond acceptors (Lipinski definition) is 5. The monoisotopic (exact) mass is 339 g/mol. The second kappa shape index (κ2) is 8.70. The third-order valence-corrected chi connectivity index (χ3v) is 3.30. The standard InChI is InChI=1S/C17H29N3O4/c1-12(2)9-14(15(21)23-6)20-11-18-10-13(20)7-8-19-16(22)24-17(3,4)5/h10-12,14H,7-9H2,1-6H3,(H,19,22). The number of hydrogen-bond donors (Lipinski definition) is 1. The number of rotatable bonds is 7. The molecular formula is C17H29N3O4. The zero-order valence-electron chi connectivity index (χ0n) is 15.5. The largest absolute Gasteiger partial charge is 0.467 e. The average Bonchev–Trinajstić information content (AvgIpc) is 2.90. The molecule has 0 aliphatic rings. The molecule has 0 aliphatic heterocycles. The SMILES string of the molecule is COC(=O)C(CC(C)C)n1cncc1CCNC(=O)OC(C)(C)C. The molecule has 1 aromatic rings. The highest BCUT2D eigenvalue weighted by Gasteiger charge is 2.24. The van der Waals surface area contributed by atoms with Crippen LogP contribution in [0.2, 0.25) is 0 Å². The van der Waals surface area contributed by atoms with Crippen molar-refractivity contribution in [2.45, 2.75) is 59.1 Å². The van der Waals surface area contributed by atoms with Gasteiger partial charge in [0, 0.05) is 24.9 Å². The lowest BCUT2D eigenvalue weighted by atomic mass is 10.0. The zero-order chi connectivity index (χ0) is 18.3. The van der Waals surface area contributed by atoms with Crippen molar-refractivity contribution in [2.24, 2.45) is 5.92 Å². The predicted octanol–water partition coefficient (Wildman–Crippen LogP) is 2.71. The Labute approximate surface area is 143 Å². The summed E-state index contributed by atoms with van der Waals surface area (Å²) in [4.78, 5) is 27.9. The molecule has 1 rings (SSSR count). The molecule has 136 valence electrons. The summed E-state index contributed by atoms with van der Waals surface area (Å²) >= 11 is 0. The summed E-state index contributed by atoms with van der Waals surface area (Å²) in [6, 6.07) is -0.408. The molecule has 7 nitrogen and oxygen atoms in total. The van der Waals surface area contributed by atoms with Gasteiger partial charge >= 0.3 is 12.1 Å². The fourth-order valence-corrected chi connectivity index (χ4v) is 2.32. The van der Waals surface area contributed by atoms with Crippen molar-refractivity contribution in [3.8, 4) is 0 Å². The molecule has 0 spiro atoms. The number of carbonyl (C=O) groups is 2. The highest BCUT2D eigenvalue weighted by molar-refractivity contribution is 5.74. The minimum Gasteiger partial charge on any atom is -0.467 e. The van der Waals surface area contributed by atoms with Gasteiger partial charge in [0.2, 0.25) is 0 Å². The van der Waals surface area contributed by atoms with E-state index in [0.717, 1.165) is 5.69 Å². The number of aromatic nitrogens is 2. The van der Waals surface area contributed by atoms with E-state index in [2.05, 4.69) is 24.1 Å². The average molecular weight is 339 g/mol. The number of nitrogens with one attached hydrogen (secondary N) is 1. The number of imidazole rings is 1. The van der Waals surface area contributed by atoms with Crippen LogP contribution in [0.3, 0.4) is 0 Å². The van der Waals surface area contributed by atoms with Gasteiger partial charge in [-0.1, -0.05) is 13.8 Å². The van der Waals surface area contributed by atoms with Gasteiger partial charge in [-0.25, -0.2) is 14.6 Å². The highest BCUT2D eigenvalue weighted by Crippen LogP contribution is 2.21. The van der Waals surface area contributed by atoms with Crippen LogP contribution >= 0.6 is 0 Å². The molecular weight excluding hydrogens is 310 g/mol. The van der Waals surface area contributed by atoms with Crippen LogP contribution in [-0.2, 0) is 20.7 Å². The summed E-state index contributed by atoms with van der Waals surface area (Å²) in [5.41, 5.74) is 0.334. The molecule has 0 fully saturated rings. The molecule has 0 saturated heterocycles. The summed E-state index contributed by atoms with van der Waals surface area (Å²) in [5, 5.41) is 2.71. The van der Waals surface area contributed by atoms with Crippen LogP contribution in [-0.4, -0.2) is 40.9 Å². The molecule has 24 heavy (non-hydrogen) atoms. The van der Waals surface area contributed by atoms with Crippen LogP contribution in [0.15, 0.2) is 12.5 Å². The number of ether oxygens (including phenoxy) is 2. The van der Waals surface area contributed by atoms with E-state index < -0.39 is 17.7 Å². The quantitative estimate of drug-likeness (QED) is 0.772. The maximum Gasteiger partial charge on any atom is 0.407 e. The van der Waals surface area contributed by atoms with E-state index >= 15 is 0 Å². The molecule has 1 aromatic heterocycles. The number of carbonyl (C=O) groups excluding carboxylic acids is 2. The zero-order valence-corrected chi connectivity index (χ0v) is 15.5. The van der Waals surface area contributed by atoms with Crippen molar-refractivity contribution in [3.05, 3.63) is 18.2 Å². The summed E-state index contributed by atoms with van der Waals surface area (Å²) in [6.07, 6.45) is 4.08. The van der Waals surface area contributed by atoms with Crippen LogP contribution in [0.25, 0.3) is 0 Å². The fourth-order valence-electron chi connectivity index (χ4n) is 2.32. The molecule has 1 heterocycles. The summed E-state index contributed by atoms with van der Waals surface area (Å²) in [7, 11) is 1.39. The van der Waals surface area contributed by atoms with Gasteiger partial charge in [-0.05, 0) is 33.1 Å². The molecule has 1 atom stereocenters. The van der Waals surface area contributed by atoms with Crippen molar-refractivity contribution in [2.75, 3.05) is 13.7 Å². The van der Waals surface area contributed by atoms with Crippen LogP contribution in [0, 0.1) is 5.92 Å². The lowest BCUT2D eigenvalue weighted by Gasteiger charge is -2.21. The van der Waals surface area contributed by atoms with Crippen LogP contribution in [0.1, 0.15) is 52.8 Å². The minimum atomic E-state index is -0.529. The number of methoxy groups -OCH3 is 1. The van der Waals surface area contributed by atoms with Gasteiger partial charge in [0.15, 0.2) is 0 Å². The lowest BCUT2D eigenvalue weighted by molar-refractivity contribution is -0.145. The van der Waals surface area contributed by atoms with Crippen molar-refractivity contribution in [1.29, 1.82) is 0 Å². The number of amides is 1. The van der Waals surface area contributed by atoms with Crippen LogP contribution < -0.4 is 5.32 Å². The van der Waals surface area contributed by atoms with Crippen LogP contribution in [0.5, 0.6) is 0 Å². The minimum absolute atomic E-state index is 0.289. The molecule has 1 unspecified atom stereocenters. The van der Waals surface area contributed by atoms with E-state index in [0.29, 0.717) is 25.3 Å². The first-order valence-corrected chi connectivity index (χ1v) is 8.19. The van der Waals surface area contributed by atoms with Crippen molar-refractivity contribution < 1.29 is 19.1 Å². The maximum atomic E-state index is 12.1. The second-order valence-corrected chi connectivity index (χ2v) is 7.14. The Bertz CT molecular complexity index is 546. The first kappa shape index (κ1) is 20.0. The fraction of sp³-hybridized carbons (Fsp3) is 0.706. The lowest BCUT2D eigenvalue weighted by Crippen LogP contribution is -2.34. The Morgan fingerprint density at radius 2 is 2.00 bits per heavy atom. The summed E-state index contributed by atoms with van der Waals surface area (Å²) < 4.78 is 11.9. The Kier molecular flexibility index (Phi) is 7.25. The number of nitrogens with zero attached hydrogens (tertiary/aromatic N) is 2. The Morgan fingerprint density at radius 3 is 2.54 bits per heavy atom. The van der Waals surface area contributed by atoms with Crippen LogP contribution in [0.4, 0.5) is 4.79 Å². The van der Waals surface area contributed by atoms with E-state index in [4.69, 9.17) is 9.47 Å². The van der Waals surface area contributed by atoms with Gasteiger partial charge in [0.05, 0.1) is 13.4 Å². The topological polar surface area (TPSA) is 82.5 Å². The molecule has 0 aliphatic carbocycles. The molecule has 0 saturated carbocycles. The smallest absolute Gasteiger partial charge is 0.407 e. The van der Waals surface area contributed by atoms with Gasteiger partial charge < -0.3 is 19.4 Å². The van der Waals surface area contributed by atoms with Crippen molar-refractivity contribution in [1.82, 2.24) is 14.9 Å². The number of esters is 1. The van der Waals surface area contributed by atoms with E-state index in [-0.39, 0.29) is 5.97 Å². The molecule has 0 radical (unpaired) electrons. The maximum absolute atomic E-state index is 12.1. The molecule has 0 bridgehead atoms. The molecule has 7 heteroatoms. The van der Waals surface area contributed by atoms with E-state index in [1.54, 1.807) is 12.5 Å². The van der Waals surface area contributed by atoms with Gasteiger partial charge in [0.25, 0.3) is 0 Å². The Balaban J connectivity index is 2.69. The summed E-state index contributed by atoms with van der Waals surface area (Å²) in [6.45, 7) is 9.95. The van der Waals surface area contributed by atoms with E-state index in [1.807, 2.05) is 25.3 Å². The first-order chi connectivity index (χ1) is 11.1. The van der Waals surface area contributed by atoms with Gasteiger partial charge in [0.1, 0.15) is 11.6 Å². The van der Waals surface area contributed by atoms with Crippen molar-refractivity contribution >= 4 is 12.1 Å². The van der Waals surface area contributed by atoms with Gasteiger partial charge in [-0.3, -0.25) is 0 Å². The molecule has 1 amide bonds. The van der Waals surface area contributed by atoms with Crippen molar-refractivity contribution in [3.63, 3.8) is 0 Å². The van der Waals surface area contributed by atoms with Gasteiger partial charge in [-0.15, -0.1) is 0 Å². The Hall–Kier alpha value is -2.05. The predicted molar refractivity (Wildman–Crippen MR) is 90.7 cm³/mol. The Morgan fingerprint density at radius 1 is 1.33 bits per heavy atom. The third-order valence-electron chi connectivity index (χ3n) is 3.30. The summed E-state index contributed by atoms with van der Waals surface area (Å²) in [5.74, 6) is 0.0484. The molecule has 0 aromatic carbocycles. The first-order valence-electron chi connectivity index (χ1n) is 8.19. The molecule has 1 N–H and O–H groups in total. The normalized spacial score (nSPS) is 12.8. The third kappa shape index (κ3) is 6.60. The van der Waals surface area contributed by atoms with E-state index in [1.165, 1.54) is 7.11 Å². The van der Waals surface area contributed by atoms with Gasteiger partial charge in [-0.2, -0.15) is 0 Å². The number of alkyl carbamates (subject to hydrolysis) is 1.